The van der Waals surface area contributed by atoms with E-state index in [1.807, 2.05) is 31.2 Å². The van der Waals surface area contributed by atoms with E-state index in [1.54, 1.807) is 0 Å². The molecule has 1 heterocycles. The van der Waals surface area contributed by atoms with Gasteiger partial charge in [-0.25, -0.2) is 9.97 Å². The van der Waals surface area contributed by atoms with E-state index in [1.165, 1.54) is 12.4 Å². The molecule has 1 unspecified atom stereocenters. The highest BCUT2D eigenvalue weighted by molar-refractivity contribution is 5.96. The number of carbonyl (C=O) groups excluding carboxylic acids is 2. The number of hydrogen-bond acceptors (Lipinski definition) is 6. The summed E-state index contributed by atoms with van der Waals surface area (Å²) < 4.78 is 5.38. The van der Waals surface area contributed by atoms with Crippen molar-refractivity contribution in [2.45, 2.75) is 13.3 Å². The van der Waals surface area contributed by atoms with Gasteiger partial charge in [-0.2, -0.15) is 0 Å². The number of nitrogens with one attached hydrogen (secondary N) is 1. The molecule has 0 radical (unpaired) electrons. The fraction of sp³-hybridized carbons (Fsp3) is 0.294. The van der Waals surface area contributed by atoms with Gasteiger partial charge in [0.1, 0.15) is 5.75 Å². The summed E-state index contributed by atoms with van der Waals surface area (Å²) in [6.07, 6.45) is 3.17. The molecule has 1 atom stereocenters. The molecule has 132 valence electrons. The Morgan fingerprint density at radius 2 is 1.88 bits per heavy atom. The predicted octanol–water partition coefficient (Wildman–Crippen LogP) is 0.532. The molecule has 0 bridgehead atoms. The van der Waals surface area contributed by atoms with E-state index in [0.717, 1.165) is 11.3 Å². The van der Waals surface area contributed by atoms with Crippen LogP contribution >= 0.6 is 0 Å². The summed E-state index contributed by atoms with van der Waals surface area (Å²) in [6.45, 7) is 2.57. The number of carbonyl (C=O) groups is 2. The summed E-state index contributed by atoms with van der Waals surface area (Å²) in [6, 6.07) is 7.39. The van der Waals surface area contributed by atoms with Crippen molar-refractivity contribution < 1.29 is 14.3 Å². The Bertz CT molecular complexity index is 733. The Balaban J connectivity index is 1.98. The summed E-state index contributed by atoms with van der Waals surface area (Å²) in [5, 5.41) is 2.63. The van der Waals surface area contributed by atoms with Crippen LogP contribution in [0.4, 0.5) is 5.82 Å². The number of nitrogen functional groups attached to an aromatic ring is 1. The first kappa shape index (κ1) is 18.2. The minimum absolute atomic E-state index is 0.0202. The third-order valence-electron chi connectivity index (χ3n) is 3.57. The topological polar surface area (TPSA) is 133 Å². The first-order valence-corrected chi connectivity index (χ1v) is 7.87. The van der Waals surface area contributed by atoms with E-state index < -0.39 is 17.7 Å². The van der Waals surface area contributed by atoms with Crippen molar-refractivity contribution in [3.05, 3.63) is 47.9 Å². The van der Waals surface area contributed by atoms with Gasteiger partial charge in [0.05, 0.1) is 12.5 Å². The van der Waals surface area contributed by atoms with Gasteiger partial charge in [-0.15, -0.1) is 0 Å². The Kier molecular flexibility index (Phi) is 6.27. The van der Waals surface area contributed by atoms with E-state index in [9.17, 15) is 9.59 Å². The summed E-state index contributed by atoms with van der Waals surface area (Å²) in [5.74, 6) is -0.764. The lowest BCUT2D eigenvalue weighted by Crippen LogP contribution is -2.37. The van der Waals surface area contributed by atoms with E-state index >= 15 is 0 Å². The lowest BCUT2D eigenvalue weighted by molar-refractivity contribution is -0.121. The molecule has 25 heavy (non-hydrogen) atoms. The van der Waals surface area contributed by atoms with Gasteiger partial charge in [0.2, 0.25) is 5.91 Å². The molecule has 0 aliphatic heterocycles. The zero-order chi connectivity index (χ0) is 18.2. The second-order valence-corrected chi connectivity index (χ2v) is 5.38. The van der Waals surface area contributed by atoms with Crippen LogP contribution in [-0.2, 0) is 11.2 Å². The first-order chi connectivity index (χ1) is 12.0. The number of benzene rings is 1. The molecule has 5 N–H and O–H groups in total. The highest BCUT2D eigenvalue weighted by Gasteiger charge is 2.19. The van der Waals surface area contributed by atoms with Crippen LogP contribution in [0, 0.1) is 5.92 Å². The number of amides is 2. The van der Waals surface area contributed by atoms with Crippen molar-refractivity contribution in [2.24, 2.45) is 11.7 Å². The van der Waals surface area contributed by atoms with E-state index in [2.05, 4.69) is 15.3 Å². The molecule has 2 rings (SSSR count). The molecule has 1 aromatic heterocycles. The predicted molar refractivity (Wildman–Crippen MR) is 92.8 cm³/mol. The monoisotopic (exact) mass is 343 g/mol. The van der Waals surface area contributed by atoms with Crippen molar-refractivity contribution >= 4 is 17.6 Å². The zero-order valence-electron chi connectivity index (χ0n) is 13.9. The Labute approximate surface area is 145 Å². The van der Waals surface area contributed by atoms with Gasteiger partial charge in [-0.3, -0.25) is 9.59 Å². The fourth-order valence-corrected chi connectivity index (χ4v) is 2.27. The van der Waals surface area contributed by atoms with Crippen molar-refractivity contribution in [3.63, 3.8) is 0 Å². The molecule has 0 fully saturated rings. The van der Waals surface area contributed by atoms with Gasteiger partial charge in [-0.05, 0) is 31.0 Å². The van der Waals surface area contributed by atoms with E-state index in [4.69, 9.17) is 16.2 Å². The van der Waals surface area contributed by atoms with Crippen LogP contribution in [0.3, 0.4) is 0 Å². The number of nitrogens with two attached hydrogens (primary N) is 2. The molecule has 0 aliphatic rings. The van der Waals surface area contributed by atoms with E-state index in [0.29, 0.717) is 13.0 Å². The number of hydrogen-bond donors (Lipinski definition) is 3. The smallest absolute Gasteiger partial charge is 0.273 e. The average molecular weight is 343 g/mol. The zero-order valence-corrected chi connectivity index (χ0v) is 13.9. The van der Waals surface area contributed by atoms with Crippen LogP contribution in [0.5, 0.6) is 5.75 Å². The van der Waals surface area contributed by atoms with Crippen LogP contribution in [-0.4, -0.2) is 34.9 Å². The Hall–Kier alpha value is -3.16. The molecule has 0 spiro atoms. The summed E-state index contributed by atoms with van der Waals surface area (Å²) in [5.41, 5.74) is 12.0. The third kappa shape index (κ3) is 5.17. The summed E-state index contributed by atoms with van der Waals surface area (Å²) in [4.78, 5) is 31.5. The summed E-state index contributed by atoms with van der Waals surface area (Å²) >= 11 is 0. The molecule has 0 saturated heterocycles. The molecule has 8 nitrogen and oxygen atoms in total. The molecule has 8 heteroatoms. The molecule has 2 amide bonds. The Morgan fingerprint density at radius 1 is 1.20 bits per heavy atom. The van der Waals surface area contributed by atoms with Gasteiger partial charge in [0.25, 0.3) is 5.91 Å². The largest absolute Gasteiger partial charge is 0.494 e. The quantitative estimate of drug-likeness (QED) is 0.640. The highest BCUT2D eigenvalue weighted by atomic mass is 16.5. The fourth-order valence-electron chi connectivity index (χ4n) is 2.27. The number of anilines is 1. The van der Waals surface area contributed by atoms with Crippen LogP contribution in [0.2, 0.25) is 0 Å². The second kappa shape index (κ2) is 8.62. The molecule has 0 saturated carbocycles. The first-order valence-electron chi connectivity index (χ1n) is 7.87. The van der Waals surface area contributed by atoms with Crippen molar-refractivity contribution in [3.8, 4) is 5.75 Å². The number of primary amides is 1. The van der Waals surface area contributed by atoms with Gasteiger partial charge < -0.3 is 21.5 Å². The van der Waals surface area contributed by atoms with Crippen molar-refractivity contribution in [1.82, 2.24) is 15.3 Å². The average Bonchev–Trinajstić information content (AvgIpc) is 2.60. The molecule has 2 aromatic rings. The number of ether oxygens (including phenoxy) is 1. The second-order valence-electron chi connectivity index (χ2n) is 5.38. The van der Waals surface area contributed by atoms with Gasteiger partial charge in [-0.1, -0.05) is 12.1 Å². The molecular weight excluding hydrogens is 322 g/mol. The minimum atomic E-state index is -0.556. The van der Waals surface area contributed by atoms with Gasteiger partial charge >= 0.3 is 0 Å². The molecule has 1 aromatic carbocycles. The van der Waals surface area contributed by atoms with Crippen LogP contribution < -0.4 is 21.5 Å². The lowest BCUT2D eigenvalue weighted by atomic mass is 9.98. The third-order valence-corrected chi connectivity index (χ3v) is 3.57. The van der Waals surface area contributed by atoms with E-state index in [-0.39, 0.29) is 18.1 Å². The molecule has 0 aliphatic carbocycles. The van der Waals surface area contributed by atoms with Crippen molar-refractivity contribution in [2.75, 3.05) is 18.9 Å². The van der Waals surface area contributed by atoms with Crippen LogP contribution in [0.25, 0.3) is 0 Å². The molecular formula is C17H21N5O3. The normalized spacial score (nSPS) is 11.6. The standard InChI is InChI=1S/C17H21N5O3/c1-2-25-13-5-3-11(4-6-13)9-12(16(19)23)10-22-17(24)14-15(18)21-8-7-20-14/h3-8,12H,2,9-10H2,1H3,(H2,18,21)(H2,19,23)(H,22,24). The van der Waals surface area contributed by atoms with Crippen molar-refractivity contribution in [1.29, 1.82) is 0 Å². The van der Waals surface area contributed by atoms with Gasteiger partial charge in [0.15, 0.2) is 11.5 Å². The SMILES string of the molecule is CCOc1ccc(CC(CNC(=O)c2nccnc2N)C(N)=O)cc1. The number of aromatic nitrogens is 2. The maximum absolute atomic E-state index is 12.1. The van der Waals surface area contributed by atoms with Crippen LogP contribution in [0.15, 0.2) is 36.7 Å². The Morgan fingerprint density at radius 3 is 2.48 bits per heavy atom. The summed E-state index contributed by atoms with van der Waals surface area (Å²) in [7, 11) is 0. The maximum Gasteiger partial charge on any atom is 0.273 e. The maximum atomic E-state index is 12.1. The lowest BCUT2D eigenvalue weighted by Gasteiger charge is -2.15. The van der Waals surface area contributed by atoms with Gasteiger partial charge in [0, 0.05) is 18.9 Å². The number of nitrogens with zero attached hydrogens (tertiary/aromatic N) is 2. The highest BCUT2D eigenvalue weighted by Crippen LogP contribution is 2.15. The van der Waals surface area contributed by atoms with Crippen LogP contribution in [0.1, 0.15) is 23.0 Å². The minimum Gasteiger partial charge on any atom is -0.494 e. The number of rotatable bonds is 8.